The standard InChI is InChI=1S/C9H8ClNS2/c10-4-5-3-7(11)9-6(8(5)12)1-2-13-9/h1-3,12H,4,11H2. The van der Waals surface area contributed by atoms with Gasteiger partial charge in [0.25, 0.3) is 0 Å². The quantitative estimate of drug-likeness (QED) is 0.437. The van der Waals surface area contributed by atoms with Gasteiger partial charge in [-0.25, -0.2) is 0 Å². The molecular formula is C9H8ClNS2. The lowest BCUT2D eigenvalue weighted by Gasteiger charge is -2.04. The highest BCUT2D eigenvalue weighted by molar-refractivity contribution is 7.80. The van der Waals surface area contributed by atoms with Crippen molar-refractivity contribution < 1.29 is 0 Å². The summed E-state index contributed by atoms with van der Waals surface area (Å²) in [6.07, 6.45) is 0. The van der Waals surface area contributed by atoms with Crippen molar-refractivity contribution in [3.63, 3.8) is 0 Å². The summed E-state index contributed by atoms with van der Waals surface area (Å²) in [6, 6.07) is 3.92. The zero-order chi connectivity index (χ0) is 9.42. The molecule has 0 amide bonds. The highest BCUT2D eigenvalue weighted by Gasteiger charge is 2.07. The van der Waals surface area contributed by atoms with Gasteiger partial charge in [0.1, 0.15) is 0 Å². The number of benzene rings is 1. The zero-order valence-corrected chi connectivity index (χ0v) is 9.22. The van der Waals surface area contributed by atoms with Gasteiger partial charge in [-0.1, -0.05) is 0 Å². The molecule has 0 saturated heterocycles. The van der Waals surface area contributed by atoms with Crippen LogP contribution in [0.2, 0.25) is 0 Å². The van der Waals surface area contributed by atoms with Crippen LogP contribution in [0.4, 0.5) is 5.69 Å². The molecule has 1 aromatic carbocycles. The first-order valence-corrected chi connectivity index (χ1v) is 5.63. The van der Waals surface area contributed by atoms with E-state index in [-0.39, 0.29) is 0 Å². The summed E-state index contributed by atoms with van der Waals surface area (Å²) in [6.45, 7) is 0. The molecule has 0 fully saturated rings. The van der Waals surface area contributed by atoms with Crippen molar-refractivity contribution in [3.8, 4) is 0 Å². The van der Waals surface area contributed by atoms with E-state index in [0.717, 1.165) is 26.2 Å². The Bertz CT molecular complexity index is 450. The molecule has 2 rings (SSSR count). The van der Waals surface area contributed by atoms with Crippen LogP contribution in [0.5, 0.6) is 0 Å². The van der Waals surface area contributed by atoms with Gasteiger partial charge in [-0.05, 0) is 23.1 Å². The van der Waals surface area contributed by atoms with Gasteiger partial charge in [0.05, 0.1) is 4.70 Å². The fourth-order valence-corrected chi connectivity index (χ4v) is 2.86. The van der Waals surface area contributed by atoms with E-state index < -0.39 is 0 Å². The van der Waals surface area contributed by atoms with Crippen LogP contribution >= 0.6 is 35.6 Å². The molecule has 0 aliphatic heterocycles. The maximum Gasteiger partial charge on any atom is 0.0583 e. The van der Waals surface area contributed by atoms with Gasteiger partial charge < -0.3 is 5.73 Å². The monoisotopic (exact) mass is 229 g/mol. The van der Waals surface area contributed by atoms with Crippen LogP contribution in [-0.4, -0.2) is 0 Å². The highest BCUT2D eigenvalue weighted by Crippen LogP contribution is 2.34. The number of thiophene rings is 1. The summed E-state index contributed by atoms with van der Waals surface area (Å²) in [5.41, 5.74) is 7.65. The molecule has 0 unspecified atom stereocenters. The zero-order valence-electron chi connectivity index (χ0n) is 6.75. The topological polar surface area (TPSA) is 26.0 Å². The predicted molar refractivity (Wildman–Crippen MR) is 63.0 cm³/mol. The Morgan fingerprint density at radius 3 is 3.00 bits per heavy atom. The molecule has 4 heteroatoms. The lowest BCUT2D eigenvalue weighted by Crippen LogP contribution is -1.89. The van der Waals surface area contributed by atoms with Gasteiger partial charge in [0, 0.05) is 21.8 Å². The van der Waals surface area contributed by atoms with Crippen LogP contribution in [0.15, 0.2) is 22.4 Å². The second-order valence-corrected chi connectivity index (χ2v) is 4.40. The smallest absolute Gasteiger partial charge is 0.0583 e. The Labute approximate surface area is 90.9 Å². The lowest BCUT2D eigenvalue weighted by molar-refractivity contribution is 1.31. The first kappa shape index (κ1) is 9.19. The van der Waals surface area contributed by atoms with Gasteiger partial charge >= 0.3 is 0 Å². The fraction of sp³-hybridized carbons (Fsp3) is 0.111. The Morgan fingerprint density at radius 2 is 2.31 bits per heavy atom. The molecule has 13 heavy (non-hydrogen) atoms. The van der Waals surface area contributed by atoms with Gasteiger partial charge in [-0.2, -0.15) is 0 Å². The second kappa shape index (κ2) is 3.40. The summed E-state index contributed by atoms with van der Waals surface area (Å²) in [7, 11) is 0. The predicted octanol–water partition coefficient (Wildman–Crippen LogP) is 3.51. The normalized spacial score (nSPS) is 10.9. The van der Waals surface area contributed by atoms with Crippen molar-refractivity contribution in [2.75, 3.05) is 5.73 Å². The number of alkyl halides is 1. The van der Waals surface area contributed by atoms with Gasteiger partial charge in [-0.15, -0.1) is 35.6 Å². The third-order valence-electron chi connectivity index (χ3n) is 1.96. The Kier molecular flexibility index (Phi) is 2.41. The largest absolute Gasteiger partial charge is 0.398 e. The number of anilines is 1. The van der Waals surface area contributed by atoms with Crippen LogP contribution < -0.4 is 5.73 Å². The van der Waals surface area contributed by atoms with E-state index in [1.807, 2.05) is 17.5 Å². The Hall–Kier alpha value is -0.380. The number of halogens is 1. The number of hydrogen-bond donors (Lipinski definition) is 2. The summed E-state index contributed by atoms with van der Waals surface area (Å²) >= 11 is 11.8. The van der Waals surface area contributed by atoms with Crippen molar-refractivity contribution in [2.45, 2.75) is 10.8 Å². The molecule has 1 heterocycles. The molecule has 0 radical (unpaired) electrons. The molecule has 0 spiro atoms. The lowest BCUT2D eigenvalue weighted by atomic mass is 10.1. The fourth-order valence-electron chi connectivity index (χ4n) is 1.32. The molecule has 68 valence electrons. The Balaban J connectivity index is 2.85. The van der Waals surface area contributed by atoms with E-state index in [1.54, 1.807) is 11.3 Å². The molecule has 0 bridgehead atoms. The summed E-state index contributed by atoms with van der Waals surface area (Å²) in [4.78, 5) is 0.945. The average Bonchev–Trinajstić information content (AvgIpc) is 2.60. The van der Waals surface area contributed by atoms with Gasteiger partial charge in [-0.3, -0.25) is 0 Å². The second-order valence-electron chi connectivity index (χ2n) is 2.77. The minimum absolute atomic E-state index is 0.453. The number of nitrogens with two attached hydrogens (primary N) is 1. The van der Waals surface area contributed by atoms with Crippen LogP contribution in [0, 0.1) is 0 Å². The molecule has 0 aliphatic carbocycles. The van der Waals surface area contributed by atoms with E-state index in [0.29, 0.717) is 5.88 Å². The first-order chi connectivity index (χ1) is 6.24. The van der Waals surface area contributed by atoms with Gasteiger partial charge in [0.15, 0.2) is 0 Å². The van der Waals surface area contributed by atoms with E-state index in [4.69, 9.17) is 17.3 Å². The van der Waals surface area contributed by atoms with Crippen molar-refractivity contribution in [3.05, 3.63) is 23.1 Å². The van der Waals surface area contributed by atoms with Crippen LogP contribution in [0.3, 0.4) is 0 Å². The number of hydrogen-bond acceptors (Lipinski definition) is 3. The Morgan fingerprint density at radius 1 is 1.54 bits per heavy atom. The minimum Gasteiger partial charge on any atom is -0.398 e. The van der Waals surface area contributed by atoms with Crippen molar-refractivity contribution in [1.29, 1.82) is 0 Å². The van der Waals surface area contributed by atoms with Crippen molar-refractivity contribution in [2.24, 2.45) is 0 Å². The van der Waals surface area contributed by atoms with Crippen LogP contribution in [0.1, 0.15) is 5.56 Å². The summed E-state index contributed by atoms with van der Waals surface area (Å²) in [5.74, 6) is 0.453. The SMILES string of the molecule is Nc1cc(CCl)c(S)c2ccsc12. The maximum absolute atomic E-state index is 5.86. The average molecular weight is 230 g/mol. The van der Waals surface area contributed by atoms with Crippen molar-refractivity contribution >= 4 is 51.3 Å². The number of rotatable bonds is 1. The molecule has 1 nitrogen and oxygen atoms in total. The molecule has 2 N–H and O–H groups in total. The molecule has 0 saturated carbocycles. The summed E-state index contributed by atoms with van der Waals surface area (Å²) < 4.78 is 1.10. The highest BCUT2D eigenvalue weighted by atomic mass is 35.5. The molecule has 0 atom stereocenters. The van der Waals surface area contributed by atoms with E-state index >= 15 is 0 Å². The van der Waals surface area contributed by atoms with Gasteiger partial charge in [0.2, 0.25) is 0 Å². The third-order valence-corrected chi connectivity index (χ3v) is 3.74. The van der Waals surface area contributed by atoms with Crippen molar-refractivity contribution in [1.82, 2.24) is 0 Å². The number of thiol groups is 1. The van der Waals surface area contributed by atoms with Crippen LogP contribution in [0.25, 0.3) is 10.1 Å². The third kappa shape index (κ3) is 1.41. The molecule has 2 aromatic rings. The molecule has 1 aromatic heterocycles. The van der Waals surface area contributed by atoms with Crippen LogP contribution in [-0.2, 0) is 5.88 Å². The van der Waals surface area contributed by atoms with E-state index in [1.165, 1.54) is 0 Å². The minimum atomic E-state index is 0.453. The first-order valence-electron chi connectivity index (χ1n) is 3.77. The maximum atomic E-state index is 5.86. The van der Waals surface area contributed by atoms with E-state index in [9.17, 15) is 0 Å². The number of nitrogen functional groups attached to an aromatic ring is 1. The molecular weight excluding hydrogens is 222 g/mol. The summed E-state index contributed by atoms with van der Waals surface area (Å²) in [5, 5.41) is 3.11. The number of fused-ring (bicyclic) bond motifs is 1. The molecule has 0 aliphatic rings. The van der Waals surface area contributed by atoms with E-state index in [2.05, 4.69) is 12.6 Å².